The summed E-state index contributed by atoms with van der Waals surface area (Å²) in [6.07, 6.45) is 0. The quantitative estimate of drug-likeness (QED) is 0.865. The molecule has 2 rings (SSSR count). The Balaban J connectivity index is 2.20. The molecule has 2 heterocycles. The smallest absolute Gasteiger partial charge is 0.327 e. The Morgan fingerprint density at radius 1 is 1.44 bits per heavy atom. The van der Waals surface area contributed by atoms with Crippen LogP contribution in [0.15, 0.2) is 12.1 Å². The summed E-state index contributed by atoms with van der Waals surface area (Å²) in [4.78, 5) is 24.5. The molecule has 1 unspecified atom stereocenters. The topological polar surface area (TPSA) is 83.4 Å². The monoisotopic (exact) mass is 287 g/mol. The number of hydrogen-bond donors (Lipinski definition) is 1. The Labute approximate surface area is 112 Å². The predicted molar refractivity (Wildman–Crippen MR) is 66.8 cm³/mol. The molecule has 0 radical (unpaired) electrons. The maximum absolute atomic E-state index is 12.1. The number of nitrogens with zero attached hydrogens (tertiary/aromatic N) is 3. The number of aliphatic carboxylic acids is 1. The van der Waals surface area contributed by atoms with Crippen molar-refractivity contribution >= 4 is 35.2 Å². The van der Waals surface area contributed by atoms with Crippen molar-refractivity contribution in [2.75, 3.05) is 18.1 Å². The van der Waals surface area contributed by atoms with E-state index in [0.29, 0.717) is 12.3 Å². The highest BCUT2D eigenvalue weighted by Gasteiger charge is 2.33. The molecule has 1 aliphatic heterocycles. The molecule has 0 spiro atoms. The number of carbonyl (C=O) groups excluding carboxylic acids is 1. The van der Waals surface area contributed by atoms with Gasteiger partial charge in [0.25, 0.3) is 5.91 Å². The van der Waals surface area contributed by atoms with Crippen LogP contribution in [-0.4, -0.2) is 56.2 Å². The largest absolute Gasteiger partial charge is 0.480 e. The summed E-state index contributed by atoms with van der Waals surface area (Å²) in [6, 6.07) is 2.09. The Morgan fingerprint density at radius 3 is 2.83 bits per heavy atom. The van der Waals surface area contributed by atoms with Crippen molar-refractivity contribution in [2.24, 2.45) is 0 Å². The fourth-order valence-corrected chi connectivity index (χ4v) is 2.77. The van der Waals surface area contributed by atoms with E-state index in [0.717, 1.165) is 5.75 Å². The van der Waals surface area contributed by atoms with E-state index >= 15 is 0 Å². The third kappa shape index (κ3) is 2.73. The van der Waals surface area contributed by atoms with Crippen LogP contribution in [0.3, 0.4) is 0 Å². The van der Waals surface area contributed by atoms with Crippen LogP contribution in [0.1, 0.15) is 10.5 Å². The second-order valence-electron chi connectivity index (χ2n) is 3.67. The molecular formula is C10H10ClN3O3S. The molecule has 6 nitrogen and oxygen atoms in total. The molecule has 1 atom stereocenters. The first-order chi connectivity index (χ1) is 8.59. The third-order valence-corrected chi connectivity index (χ3v) is 3.75. The first-order valence-electron chi connectivity index (χ1n) is 5.20. The molecule has 0 aliphatic carbocycles. The highest BCUT2D eigenvalue weighted by Crippen LogP contribution is 2.18. The van der Waals surface area contributed by atoms with Gasteiger partial charge in [0.05, 0.1) is 0 Å². The minimum atomic E-state index is -1.00. The fraction of sp³-hybridized carbons (Fsp3) is 0.400. The molecule has 96 valence electrons. The number of amides is 1. The zero-order valence-corrected chi connectivity index (χ0v) is 10.8. The van der Waals surface area contributed by atoms with E-state index in [1.54, 1.807) is 0 Å². The standard InChI is InChI=1S/C10H10ClN3O3S/c11-8-2-1-6(12-13-8)9(15)14-3-4-18-5-7(14)10(16)17/h1-2,7H,3-5H2,(H,16,17). The van der Waals surface area contributed by atoms with Gasteiger partial charge in [0.15, 0.2) is 10.8 Å². The second kappa shape index (κ2) is 5.53. The minimum Gasteiger partial charge on any atom is -0.480 e. The van der Waals surface area contributed by atoms with E-state index in [2.05, 4.69) is 10.2 Å². The van der Waals surface area contributed by atoms with Gasteiger partial charge in [0.2, 0.25) is 0 Å². The fourth-order valence-electron chi connectivity index (χ4n) is 1.63. The molecular weight excluding hydrogens is 278 g/mol. The third-order valence-electron chi connectivity index (χ3n) is 2.53. The number of aromatic nitrogens is 2. The molecule has 8 heteroatoms. The Bertz CT molecular complexity index is 468. The van der Waals surface area contributed by atoms with E-state index in [-0.39, 0.29) is 10.8 Å². The zero-order valence-electron chi connectivity index (χ0n) is 9.24. The first kappa shape index (κ1) is 13.1. The van der Waals surface area contributed by atoms with Crippen molar-refractivity contribution < 1.29 is 14.7 Å². The maximum atomic E-state index is 12.1. The van der Waals surface area contributed by atoms with Crippen LogP contribution in [0, 0.1) is 0 Å². The molecule has 1 fully saturated rings. The average molecular weight is 288 g/mol. The van der Waals surface area contributed by atoms with Gasteiger partial charge >= 0.3 is 5.97 Å². The van der Waals surface area contributed by atoms with Gasteiger partial charge in [-0.3, -0.25) is 4.79 Å². The summed E-state index contributed by atoms with van der Waals surface area (Å²) in [6.45, 7) is 0.394. The summed E-state index contributed by atoms with van der Waals surface area (Å²) < 4.78 is 0. The molecule has 18 heavy (non-hydrogen) atoms. The normalized spacial score (nSPS) is 19.6. The van der Waals surface area contributed by atoms with Gasteiger partial charge in [-0.05, 0) is 12.1 Å². The summed E-state index contributed by atoms with van der Waals surface area (Å²) in [5.74, 6) is -0.317. The van der Waals surface area contributed by atoms with Gasteiger partial charge in [0.1, 0.15) is 6.04 Å². The van der Waals surface area contributed by atoms with Crippen molar-refractivity contribution in [3.8, 4) is 0 Å². The van der Waals surface area contributed by atoms with Gasteiger partial charge < -0.3 is 10.0 Å². The average Bonchev–Trinajstić information content (AvgIpc) is 2.39. The first-order valence-corrected chi connectivity index (χ1v) is 6.73. The maximum Gasteiger partial charge on any atom is 0.327 e. The van der Waals surface area contributed by atoms with Crippen molar-refractivity contribution in [3.05, 3.63) is 23.0 Å². The van der Waals surface area contributed by atoms with Crippen LogP contribution >= 0.6 is 23.4 Å². The number of hydrogen-bond acceptors (Lipinski definition) is 5. The van der Waals surface area contributed by atoms with Crippen LogP contribution in [0.5, 0.6) is 0 Å². The van der Waals surface area contributed by atoms with E-state index in [9.17, 15) is 9.59 Å². The number of thioether (sulfide) groups is 1. The molecule has 1 aliphatic rings. The highest BCUT2D eigenvalue weighted by atomic mass is 35.5. The SMILES string of the molecule is O=C(O)C1CSCCN1C(=O)c1ccc(Cl)nn1. The van der Waals surface area contributed by atoms with Gasteiger partial charge in [-0.15, -0.1) is 10.2 Å². The Morgan fingerprint density at radius 2 is 2.22 bits per heavy atom. The number of carboxylic acids is 1. The van der Waals surface area contributed by atoms with Crippen LogP contribution in [0.4, 0.5) is 0 Å². The molecule has 1 aromatic rings. The number of halogens is 1. The van der Waals surface area contributed by atoms with E-state index < -0.39 is 17.9 Å². The number of carbonyl (C=O) groups is 2. The van der Waals surface area contributed by atoms with Crippen molar-refractivity contribution in [2.45, 2.75) is 6.04 Å². The molecule has 1 saturated heterocycles. The summed E-state index contributed by atoms with van der Waals surface area (Å²) in [5.41, 5.74) is 0.109. The zero-order chi connectivity index (χ0) is 13.1. The molecule has 1 aromatic heterocycles. The van der Waals surface area contributed by atoms with Gasteiger partial charge in [-0.25, -0.2) is 4.79 Å². The van der Waals surface area contributed by atoms with Gasteiger partial charge in [-0.1, -0.05) is 11.6 Å². The summed E-state index contributed by atoms with van der Waals surface area (Å²) in [7, 11) is 0. The van der Waals surface area contributed by atoms with Crippen molar-refractivity contribution in [1.82, 2.24) is 15.1 Å². The van der Waals surface area contributed by atoms with Gasteiger partial charge in [-0.2, -0.15) is 11.8 Å². The van der Waals surface area contributed by atoms with Crippen LogP contribution < -0.4 is 0 Å². The predicted octanol–water partition coefficient (Wildman–Crippen LogP) is 0.772. The van der Waals surface area contributed by atoms with E-state index in [1.807, 2.05) is 0 Å². The van der Waals surface area contributed by atoms with E-state index in [1.165, 1.54) is 28.8 Å². The lowest BCUT2D eigenvalue weighted by atomic mass is 10.2. The summed E-state index contributed by atoms with van der Waals surface area (Å²) >= 11 is 7.10. The lowest BCUT2D eigenvalue weighted by Gasteiger charge is -2.32. The molecule has 1 N–H and O–H groups in total. The second-order valence-corrected chi connectivity index (χ2v) is 5.21. The van der Waals surface area contributed by atoms with Crippen LogP contribution in [0.25, 0.3) is 0 Å². The van der Waals surface area contributed by atoms with Crippen LogP contribution in [0.2, 0.25) is 5.15 Å². The molecule has 0 aromatic carbocycles. The lowest BCUT2D eigenvalue weighted by Crippen LogP contribution is -2.50. The van der Waals surface area contributed by atoms with Crippen LogP contribution in [-0.2, 0) is 4.79 Å². The molecule has 0 saturated carbocycles. The number of rotatable bonds is 2. The van der Waals surface area contributed by atoms with E-state index in [4.69, 9.17) is 16.7 Å². The van der Waals surface area contributed by atoms with Crippen molar-refractivity contribution in [1.29, 1.82) is 0 Å². The highest BCUT2D eigenvalue weighted by molar-refractivity contribution is 7.99. The molecule has 0 bridgehead atoms. The lowest BCUT2D eigenvalue weighted by molar-refractivity contribution is -0.141. The Kier molecular flexibility index (Phi) is 4.03. The summed E-state index contributed by atoms with van der Waals surface area (Å²) in [5, 5.41) is 16.5. The van der Waals surface area contributed by atoms with Crippen molar-refractivity contribution in [3.63, 3.8) is 0 Å². The van der Waals surface area contributed by atoms with Gasteiger partial charge in [0, 0.05) is 18.1 Å². The Hall–Kier alpha value is -1.34. The minimum absolute atomic E-state index is 0.109. The molecule has 1 amide bonds. The number of carboxylic acid groups (broad SMARTS) is 1.